The molecule has 1 aromatic carbocycles. The Bertz CT molecular complexity index is 703. The van der Waals surface area contributed by atoms with Crippen molar-refractivity contribution in [2.24, 2.45) is 0 Å². The van der Waals surface area contributed by atoms with E-state index in [1.807, 2.05) is 36.7 Å². The number of hydrogen-bond donors (Lipinski definition) is 0. The van der Waals surface area contributed by atoms with Crippen molar-refractivity contribution in [3.63, 3.8) is 0 Å². The maximum Gasteiger partial charge on any atom is 0.233 e. The molecule has 0 unspecified atom stereocenters. The lowest BCUT2D eigenvalue weighted by Gasteiger charge is -2.15. The van der Waals surface area contributed by atoms with Crippen LogP contribution in [-0.2, 0) is 11.3 Å². The van der Waals surface area contributed by atoms with Crippen LogP contribution < -0.4 is 0 Å². The van der Waals surface area contributed by atoms with Crippen LogP contribution in [0.5, 0.6) is 0 Å². The third kappa shape index (κ3) is 3.64. The van der Waals surface area contributed by atoms with Gasteiger partial charge in [0.15, 0.2) is 4.34 Å². The van der Waals surface area contributed by atoms with Gasteiger partial charge in [-0.15, -0.1) is 22.7 Å². The smallest absolute Gasteiger partial charge is 0.233 e. The van der Waals surface area contributed by atoms with E-state index in [1.54, 1.807) is 27.6 Å². The molecule has 0 aliphatic rings. The number of amides is 1. The molecule has 108 valence electrons. The van der Waals surface area contributed by atoms with Crippen molar-refractivity contribution in [1.29, 1.82) is 0 Å². The van der Waals surface area contributed by atoms with Crippen LogP contribution in [0.2, 0.25) is 0 Å². The minimum atomic E-state index is 0.132. The molecule has 0 atom stereocenters. The van der Waals surface area contributed by atoms with Crippen LogP contribution in [0.3, 0.4) is 0 Å². The van der Waals surface area contributed by atoms with Crippen LogP contribution in [0.25, 0.3) is 10.2 Å². The Morgan fingerprint density at radius 3 is 2.90 bits per heavy atom. The van der Waals surface area contributed by atoms with E-state index in [0.717, 1.165) is 9.86 Å². The van der Waals surface area contributed by atoms with Gasteiger partial charge < -0.3 is 4.90 Å². The number of aromatic nitrogens is 1. The molecule has 1 amide bonds. The fourth-order valence-corrected chi connectivity index (χ4v) is 4.64. The molecule has 6 heteroatoms. The van der Waals surface area contributed by atoms with Gasteiger partial charge in [0.2, 0.25) is 5.91 Å². The number of thiophene rings is 1. The summed E-state index contributed by atoms with van der Waals surface area (Å²) in [6.45, 7) is 0.677. The van der Waals surface area contributed by atoms with Crippen LogP contribution >= 0.6 is 34.4 Å². The Morgan fingerprint density at radius 1 is 1.29 bits per heavy atom. The number of para-hydroxylation sites is 1. The molecular formula is C15H14N2OS3. The normalized spacial score (nSPS) is 10.9. The highest BCUT2D eigenvalue weighted by Gasteiger charge is 2.12. The van der Waals surface area contributed by atoms with Crippen molar-refractivity contribution in [3.8, 4) is 0 Å². The first kappa shape index (κ1) is 14.6. The summed E-state index contributed by atoms with van der Waals surface area (Å²) in [5.41, 5.74) is 1.00. The Hall–Kier alpha value is -1.37. The molecule has 2 aromatic heterocycles. The average molecular weight is 334 g/mol. The highest BCUT2D eigenvalue weighted by Crippen LogP contribution is 2.29. The molecule has 0 aliphatic carbocycles. The third-order valence-corrected chi connectivity index (χ3v) is 6.02. The molecule has 0 radical (unpaired) electrons. The lowest BCUT2D eigenvalue weighted by Crippen LogP contribution is -2.27. The minimum absolute atomic E-state index is 0.132. The predicted octanol–water partition coefficient (Wildman–Crippen LogP) is 4.11. The van der Waals surface area contributed by atoms with Gasteiger partial charge in [-0.05, 0) is 23.6 Å². The van der Waals surface area contributed by atoms with E-state index in [-0.39, 0.29) is 5.91 Å². The molecule has 21 heavy (non-hydrogen) atoms. The average Bonchev–Trinajstić information content (AvgIpc) is 3.13. The maximum absolute atomic E-state index is 12.1. The summed E-state index contributed by atoms with van der Waals surface area (Å²) in [7, 11) is 1.85. The van der Waals surface area contributed by atoms with Gasteiger partial charge in [0.25, 0.3) is 0 Å². The Labute approximate surface area is 135 Å². The lowest BCUT2D eigenvalue weighted by atomic mass is 10.3. The summed E-state index contributed by atoms with van der Waals surface area (Å²) in [6, 6.07) is 12.1. The summed E-state index contributed by atoms with van der Waals surface area (Å²) >= 11 is 4.83. The number of thiazole rings is 1. The second-order valence-corrected chi connectivity index (χ2v) is 7.85. The molecule has 3 rings (SSSR count). The van der Waals surface area contributed by atoms with Gasteiger partial charge in [0.05, 0.1) is 22.5 Å². The molecule has 0 fully saturated rings. The van der Waals surface area contributed by atoms with E-state index >= 15 is 0 Å². The molecule has 2 heterocycles. The molecule has 0 saturated heterocycles. The summed E-state index contributed by atoms with van der Waals surface area (Å²) in [5.74, 6) is 0.564. The Kier molecular flexibility index (Phi) is 4.57. The van der Waals surface area contributed by atoms with Crippen LogP contribution in [0.4, 0.5) is 0 Å². The minimum Gasteiger partial charge on any atom is -0.340 e. The largest absolute Gasteiger partial charge is 0.340 e. The number of thioether (sulfide) groups is 1. The number of carbonyl (C=O) groups is 1. The van der Waals surface area contributed by atoms with E-state index in [4.69, 9.17) is 0 Å². The molecule has 0 spiro atoms. The standard InChI is InChI=1S/C15H14N2OS3/c1-17(9-11-5-4-8-19-11)14(18)10-20-15-16-12-6-2-3-7-13(12)21-15/h2-8H,9-10H2,1H3. The van der Waals surface area contributed by atoms with Gasteiger partial charge in [-0.3, -0.25) is 4.79 Å². The van der Waals surface area contributed by atoms with Crippen LogP contribution in [-0.4, -0.2) is 28.6 Å². The summed E-state index contributed by atoms with van der Waals surface area (Å²) in [5, 5.41) is 2.03. The van der Waals surface area contributed by atoms with Crippen molar-refractivity contribution in [1.82, 2.24) is 9.88 Å². The number of fused-ring (bicyclic) bond motifs is 1. The first-order valence-corrected chi connectivity index (χ1v) is 9.15. The molecule has 0 bridgehead atoms. The first-order valence-electron chi connectivity index (χ1n) is 6.47. The topological polar surface area (TPSA) is 33.2 Å². The van der Waals surface area contributed by atoms with Gasteiger partial charge >= 0.3 is 0 Å². The zero-order valence-electron chi connectivity index (χ0n) is 11.5. The maximum atomic E-state index is 12.1. The summed E-state index contributed by atoms with van der Waals surface area (Å²) in [6.07, 6.45) is 0. The van der Waals surface area contributed by atoms with E-state index in [9.17, 15) is 4.79 Å². The first-order chi connectivity index (χ1) is 10.2. The van der Waals surface area contributed by atoms with Crippen molar-refractivity contribution >= 4 is 50.6 Å². The van der Waals surface area contributed by atoms with E-state index in [2.05, 4.69) is 17.1 Å². The second kappa shape index (κ2) is 6.60. The number of nitrogens with zero attached hydrogens (tertiary/aromatic N) is 2. The second-order valence-electron chi connectivity index (χ2n) is 4.57. The monoisotopic (exact) mass is 334 g/mol. The van der Waals surface area contributed by atoms with Crippen molar-refractivity contribution in [2.75, 3.05) is 12.8 Å². The van der Waals surface area contributed by atoms with Gasteiger partial charge in [0, 0.05) is 11.9 Å². The highest BCUT2D eigenvalue weighted by atomic mass is 32.2. The van der Waals surface area contributed by atoms with E-state index < -0.39 is 0 Å². The zero-order valence-corrected chi connectivity index (χ0v) is 13.9. The quantitative estimate of drug-likeness (QED) is 0.658. The highest BCUT2D eigenvalue weighted by molar-refractivity contribution is 8.01. The molecule has 3 aromatic rings. The fraction of sp³-hybridized carbons (Fsp3) is 0.200. The predicted molar refractivity (Wildman–Crippen MR) is 91.1 cm³/mol. The van der Waals surface area contributed by atoms with Gasteiger partial charge in [-0.2, -0.15) is 0 Å². The number of hydrogen-bond acceptors (Lipinski definition) is 5. The molecular weight excluding hydrogens is 320 g/mol. The molecule has 3 nitrogen and oxygen atoms in total. The summed E-state index contributed by atoms with van der Waals surface area (Å²) < 4.78 is 2.12. The SMILES string of the molecule is CN(Cc1cccs1)C(=O)CSc1nc2ccccc2s1. The van der Waals surface area contributed by atoms with Gasteiger partial charge in [-0.1, -0.05) is 30.0 Å². The van der Waals surface area contributed by atoms with Gasteiger partial charge in [0.1, 0.15) is 0 Å². The fourth-order valence-electron chi connectivity index (χ4n) is 1.87. The van der Waals surface area contributed by atoms with E-state index in [0.29, 0.717) is 12.3 Å². The van der Waals surface area contributed by atoms with Crippen molar-refractivity contribution in [2.45, 2.75) is 10.9 Å². The van der Waals surface area contributed by atoms with Crippen LogP contribution in [0.15, 0.2) is 46.1 Å². The molecule has 0 aliphatic heterocycles. The zero-order chi connectivity index (χ0) is 14.7. The van der Waals surface area contributed by atoms with Crippen LogP contribution in [0, 0.1) is 0 Å². The van der Waals surface area contributed by atoms with Crippen LogP contribution in [0.1, 0.15) is 4.88 Å². The molecule has 0 saturated carbocycles. The lowest BCUT2D eigenvalue weighted by molar-refractivity contribution is -0.127. The van der Waals surface area contributed by atoms with Crippen molar-refractivity contribution in [3.05, 3.63) is 46.7 Å². The number of benzene rings is 1. The third-order valence-electron chi connectivity index (χ3n) is 2.99. The molecule has 0 N–H and O–H groups in total. The summed E-state index contributed by atoms with van der Waals surface area (Å²) in [4.78, 5) is 19.7. The Balaban J connectivity index is 1.57. The van der Waals surface area contributed by atoms with E-state index in [1.165, 1.54) is 21.3 Å². The number of carbonyl (C=O) groups excluding carboxylic acids is 1. The Morgan fingerprint density at radius 2 is 2.14 bits per heavy atom. The van der Waals surface area contributed by atoms with Gasteiger partial charge in [-0.25, -0.2) is 4.98 Å². The number of rotatable bonds is 5. The van der Waals surface area contributed by atoms with Crippen molar-refractivity contribution < 1.29 is 4.79 Å².